The molecule has 7 nitrogen and oxygen atoms in total. The molecule has 1 atom stereocenters. The number of nitrogens with one attached hydrogen (secondary N) is 1. The van der Waals surface area contributed by atoms with E-state index in [2.05, 4.69) is 11.6 Å². The van der Waals surface area contributed by atoms with Crippen molar-refractivity contribution in [3.8, 4) is 28.7 Å². The van der Waals surface area contributed by atoms with Gasteiger partial charge in [-0.1, -0.05) is 6.08 Å². The first-order valence-corrected chi connectivity index (χ1v) is 9.03. The fourth-order valence-corrected chi connectivity index (χ4v) is 3.41. The van der Waals surface area contributed by atoms with Crippen molar-refractivity contribution in [1.29, 1.82) is 0 Å². The Morgan fingerprint density at radius 2 is 1.72 bits per heavy atom. The average Bonchev–Trinajstić information content (AvgIpc) is 3.33. The number of hydrogen-bond acceptors (Lipinski definition) is 6. The van der Waals surface area contributed by atoms with Gasteiger partial charge in [0.25, 0.3) is 0 Å². The van der Waals surface area contributed by atoms with Gasteiger partial charge in [0, 0.05) is 35.2 Å². The van der Waals surface area contributed by atoms with Crippen molar-refractivity contribution in [1.82, 2.24) is 4.98 Å². The molecule has 150 valence electrons. The molecule has 0 saturated carbocycles. The zero-order chi connectivity index (χ0) is 20.5. The standard InChI is InChI=1S/C22H21NO6/c1-5-6-20-28-16-9-13-14(11-23-15(13)10-17(16)29-20)21(24)12-7-18(25-2)22(27-4)19(8-12)26-3/h5,7-11,20,23H,1,6H2,2-4H3/t20-/m0/s1. The van der Waals surface area contributed by atoms with Gasteiger partial charge in [-0.25, -0.2) is 0 Å². The monoisotopic (exact) mass is 395 g/mol. The third-order valence-corrected chi connectivity index (χ3v) is 4.79. The third-order valence-electron chi connectivity index (χ3n) is 4.79. The lowest BCUT2D eigenvalue weighted by molar-refractivity contribution is 0.0528. The number of H-pyrrole nitrogens is 1. The smallest absolute Gasteiger partial charge is 0.244 e. The lowest BCUT2D eigenvalue weighted by Gasteiger charge is -2.13. The molecule has 0 spiro atoms. The second kappa shape index (κ2) is 7.43. The molecule has 7 heteroatoms. The third kappa shape index (κ3) is 3.14. The van der Waals surface area contributed by atoms with Crippen molar-refractivity contribution in [3.63, 3.8) is 0 Å². The van der Waals surface area contributed by atoms with Crippen LogP contribution in [0.4, 0.5) is 0 Å². The molecule has 1 aliphatic rings. The summed E-state index contributed by atoms with van der Waals surface area (Å²) < 4.78 is 27.6. The minimum absolute atomic E-state index is 0.183. The first-order chi connectivity index (χ1) is 14.1. The van der Waals surface area contributed by atoms with Crippen LogP contribution in [0.3, 0.4) is 0 Å². The average molecular weight is 395 g/mol. The zero-order valence-corrected chi connectivity index (χ0v) is 16.4. The maximum Gasteiger partial charge on any atom is 0.244 e. The minimum Gasteiger partial charge on any atom is -0.493 e. The van der Waals surface area contributed by atoms with E-state index in [4.69, 9.17) is 23.7 Å². The van der Waals surface area contributed by atoms with E-state index < -0.39 is 6.29 Å². The number of rotatable bonds is 7. The molecule has 2 aromatic carbocycles. The number of benzene rings is 2. The maximum absolute atomic E-state index is 13.3. The first kappa shape index (κ1) is 18.7. The Kier molecular flexibility index (Phi) is 4.80. The zero-order valence-electron chi connectivity index (χ0n) is 16.4. The second-order valence-corrected chi connectivity index (χ2v) is 6.48. The lowest BCUT2D eigenvalue weighted by atomic mass is 10.0. The number of fused-ring (bicyclic) bond motifs is 2. The summed E-state index contributed by atoms with van der Waals surface area (Å²) in [6, 6.07) is 6.92. The topological polar surface area (TPSA) is 79.0 Å². The highest BCUT2D eigenvalue weighted by atomic mass is 16.7. The van der Waals surface area contributed by atoms with Gasteiger partial charge in [0.2, 0.25) is 12.0 Å². The predicted molar refractivity (Wildman–Crippen MR) is 108 cm³/mol. The Morgan fingerprint density at radius 1 is 1.07 bits per heavy atom. The summed E-state index contributed by atoms with van der Waals surface area (Å²) in [6.45, 7) is 3.70. The van der Waals surface area contributed by atoms with Crippen molar-refractivity contribution in [2.45, 2.75) is 12.7 Å². The lowest BCUT2D eigenvalue weighted by Crippen LogP contribution is -2.16. The van der Waals surface area contributed by atoms with Gasteiger partial charge in [-0.2, -0.15) is 0 Å². The molecule has 29 heavy (non-hydrogen) atoms. The number of aromatic amines is 1. The molecule has 0 bridgehead atoms. The van der Waals surface area contributed by atoms with Crippen LogP contribution in [0, 0.1) is 0 Å². The van der Waals surface area contributed by atoms with E-state index in [1.54, 1.807) is 24.4 Å². The van der Waals surface area contributed by atoms with Crippen molar-refractivity contribution in [3.05, 3.63) is 54.2 Å². The number of carbonyl (C=O) groups excluding carboxylic acids is 1. The molecule has 0 radical (unpaired) electrons. The van der Waals surface area contributed by atoms with Crippen LogP contribution in [0.5, 0.6) is 28.7 Å². The van der Waals surface area contributed by atoms with Crippen LogP contribution in [0.2, 0.25) is 0 Å². The molecule has 0 saturated heterocycles. The number of hydrogen-bond donors (Lipinski definition) is 1. The van der Waals surface area contributed by atoms with Gasteiger partial charge in [-0.05, 0) is 18.2 Å². The number of methoxy groups -OCH3 is 3. The van der Waals surface area contributed by atoms with Gasteiger partial charge in [0.05, 0.1) is 26.8 Å². The summed E-state index contributed by atoms with van der Waals surface area (Å²) in [5.74, 6) is 2.32. The number of ether oxygens (including phenoxy) is 5. The summed E-state index contributed by atoms with van der Waals surface area (Å²) in [5.41, 5.74) is 1.71. The quantitative estimate of drug-likeness (QED) is 0.479. The van der Waals surface area contributed by atoms with Gasteiger partial charge < -0.3 is 28.7 Å². The number of aromatic nitrogens is 1. The van der Waals surface area contributed by atoms with E-state index in [1.165, 1.54) is 21.3 Å². The Morgan fingerprint density at radius 3 is 2.31 bits per heavy atom. The fourth-order valence-electron chi connectivity index (χ4n) is 3.41. The highest BCUT2D eigenvalue weighted by Crippen LogP contribution is 2.41. The molecule has 4 rings (SSSR count). The molecule has 0 amide bonds. The molecule has 3 aromatic rings. The summed E-state index contributed by atoms with van der Waals surface area (Å²) >= 11 is 0. The van der Waals surface area contributed by atoms with Crippen LogP contribution in [-0.2, 0) is 0 Å². The molecule has 2 heterocycles. The number of carbonyl (C=O) groups is 1. The Labute approximate surface area is 167 Å². The van der Waals surface area contributed by atoms with Gasteiger partial charge in [0.15, 0.2) is 28.8 Å². The SMILES string of the molecule is C=CC[C@@H]1Oc2cc3[nH]cc(C(=O)c4cc(OC)c(OC)c(OC)c4)c3cc2O1. The van der Waals surface area contributed by atoms with Gasteiger partial charge >= 0.3 is 0 Å². The van der Waals surface area contributed by atoms with Crippen molar-refractivity contribution in [2.75, 3.05) is 21.3 Å². The van der Waals surface area contributed by atoms with Gasteiger partial charge in [-0.3, -0.25) is 4.79 Å². The van der Waals surface area contributed by atoms with Crippen LogP contribution < -0.4 is 23.7 Å². The van der Waals surface area contributed by atoms with Crippen molar-refractivity contribution < 1.29 is 28.5 Å². The molecule has 1 aliphatic heterocycles. The summed E-state index contributed by atoms with van der Waals surface area (Å²) in [7, 11) is 4.54. The van der Waals surface area contributed by atoms with Crippen LogP contribution in [0.1, 0.15) is 22.3 Å². The molecule has 0 aliphatic carbocycles. The van der Waals surface area contributed by atoms with E-state index in [0.717, 1.165) is 10.9 Å². The first-order valence-electron chi connectivity index (χ1n) is 9.03. The van der Waals surface area contributed by atoms with Crippen molar-refractivity contribution >= 4 is 16.7 Å². The van der Waals surface area contributed by atoms with Crippen molar-refractivity contribution in [2.24, 2.45) is 0 Å². The normalized spacial score (nSPS) is 14.7. The summed E-state index contributed by atoms with van der Waals surface area (Å²) in [4.78, 5) is 16.4. The molecule has 0 unspecified atom stereocenters. The maximum atomic E-state index is 13.3. The molecule has 1 N–H and O–H groups in total. The fraction of sp³-hybridized carbons (Fsp3) is 0.227. The summed E-state index contributed by atoms with van der Waals surface area (Å²) in [5, 5.41) is 0.741. The van der Waals surface area contributed by atoms with Gasteiger partial charge in [-0.15, -0.1) is 6.58 Å². The number of ketones is 1. The molecule has 0 fully saturated rings. The van der Waals surface area contributed by atoms with Crippen LogP contribution >= 0.6 is 0 Å². The van der Waals surface area contributed by atoms with E-state index >= 15 is 0 Å². The van der Waals surface area contributed by atoms with E-state index in [-0.39, 0.29) is 5.78 Å². The molecule has 1 aromatic heterocycles. The molecular weight excluding hydrogens is 374 g/mol. The summed E-state index contributed by atoms with van der Waals surface area (Å²) in [6.07, 6.45) is 3.58. The van der Waals surface area contributed by atoms with Crippen LogP contribution in [0.15, 0.2) is 43.1 Å². The largest absolute Gasteiger partial charge is 0.493 e. The predicted octanol–water partition coefficient (Wildman–Crippen LogP) is 4.10. The van der Waals surface area contributed by atoms with Crippen LogP contribution in [0.25, 0.3) is 10.9 Å². The van der Waals surface area contributed by atoms with E-state index in [0.29, 0.717) is 46.3 Å². The second-order valence-electron chi connectivity index (χ2n) is 6.48. The Hall–Kier alpha value is -3.61. The Bertz CT molecular complexity index is 1080. The highest BCUT2D eigenvalue weighted by Gasteiger charge is 2.26. The Balaban J connectivity index is 1.75. The molecular formula is C22H21NO6. The minimum atomic E-state index is -0.400. The van der Waals surface area contributed by atoms with E-state index in [1.807, 2.05) is 12.1 Å². The van der Waals surface area contributed by atoms with E-state index in [9.17, 15) is 4.79 Å². The van der Waals surface area contributed by atoms with Crippen LogP contribution in [-0.4, -0.2) is 38.4 Å². The van der Waals surface area contributed by atoms with Gasteiger partial charge in [0.1, 0.15) is 0 Å². The highest BCUT2D eigenvalue weighted by molar-refractivity contribution is 6.17.